The Balaban J connectivity index is 1.67. The Hall–Kier alpha value is -3.78. The number of amides is 1. The van der Waals surface area contributed by atoms with Crippen molar-refractivity contribution in [2.45, 2.75) is 26.4 Å². The van der Waals surface area contributed by atoms with E-state index in [9.17, 15) is 4.79 Å². The highest BCUT2D eigenvalue weighted by molar-refractivity contribution is 6.32. The van der Waals surface area contributed by atoms with Crippen molar-refractivity contribution in [3.05, 3.63) is 60.0 Å². The van der Waals surface area contributed by atoms with Gasteiger partial charge < -0.3 is 24.1 Å². The molecule has 3 heterocycles. The summed E-state index contributed by atoms with van der Waals surface area (Å²) in [5.74, 6) is 1.14. The number of nitrogens with one attached hydrogen (secondary N) is 1. The zero-order valence-corrected chi connectivity index (χ0v) is 21.7. The number of H-pyrrole nitrogens is 1. The molecule has 0 saturated heterocycles. The molecular weight excluding hydrogens is 480 g/mol. The molecule has 0 aliphatic carbocycles. The van der Waals surface area contributed by atoms with Gasteiger partial charge in [0.15, 0.2) is 0 Å². The van der Waals surface area contributed by atoms with Crippen molar-refractivity contribution in [2.75, 3.05) is 27.3 Å². The Bertz CT molecular complexity index is 1380. The van der Waals surface area contributed by atoms with E-state index in [2.05, 4.69) is 15.0 Å². The minimum absolute atomic E-state index is 0.261. The van der Waals surface area contributed by atoms with Crippen molar-refractivity contribution in [3.8, 4) is 33.9 Å². The lowest BCUT2D eigenvalue weighted by atomic mass is 10.0. The minimum Gasteiger partial charge on any atom is -0.495 e. The van der Waals surface area contributed by atoms with Crippen LogP contribution in [0.3, 0.4) is 0 Å². The van der Waals surface area contributed by atoms with Crippen molar-refractivity contribution in [3.63, 3.8) is 0 Å². The average molecular weight is 509 g/mol. The minimum atomic E-state index is -0.562. The van der Waals surface area contributed by atoms with Crippen LogP contribution >= 0.6 is 11.6 Å². The third kappa shape index (κ3) is 5.54. The molecule has 188 valence electrons. The molecule has 8 nitrogen and oxygen atoms in total. The highest BCUT2D eigenvalue weighted by Crippen LogP contribution is 2.42. The second-order valence-electron chi connectivity index (χ2n) is 9.25. The molecule has 1 amide bonds. The zero-order chi connectivity index (χ0) is 25.9. The number of aromatic amines is 1. The van der Waals surface area contributed by atoms with Gasteiger partial charge >= 0.3 is 6.09 Å². The van der Waals surface area contributed by atoms with Gasteiger partial charge in [0.25, 0.3) is 0 Å². The maximum absolute atomic E-state index is 12.3. The van der Waals surface area contributed by atoms with Crippen LogP contribution in [0.15, 0.2) is 55.0 Å². The molecule has 4 rings (SSSR count). The van der Waals surface area contributed by atoms with Gasteiger partial charge in [-0.25, -0.2) is 4.79 Å². The fourth-order valence-corrected chi connectivity index (χ4v) is 3.94. The molecule has 4 aromatic rings. The van der Waals surface area contributed by atoms with E-state index in [1.807, 2.05) is 51.1 Å². The maximum atomic E-state index is 12.3. The number of fused-ring (bicyclic) bond motifs is 1. The quantitative estimate of drug-likeness (QED) is 0.319. The first-order chi connectivity index (χ1) is 17.2. The summed E-state index contributed by atoms with van der Waals surface area (Å²) in [6.45, 7) is 6.11. The number of nitrogens with zero attached hydrogens (tertiary/aromatic N) is 3. The van der Waals surface area contributed by atoms with Gasteiger partial charge in [0.1, 0.15) is 23.7 Å². The van der Waals surface area contributed by atoms with E-state index in [0.717, 1.165) is 33.4 Å². The van der Waals surface area contributed by atoms with Gasteiger partial charge in [-0.15, -0.1) is 0 Å². The molecule has 0 aliphatic rings. The molecule has 0 fully saturated rings. The van der Waals surface area contributed by atoms with E-state index < -0.39 is 11.7 Å². The number of hydrogen-bond acceptors (Lipinski definition) is 6. The van der Waals surface area contributed by atoms with E-state index >= 15 is 0 Å². The predicted octanol–water partition coefficient (Wildman–Crippen LogP) is 6.20. The van der Waals surface area contributed by atoms with E-state index in [1.54, 1.807) is 38.8 Å². The molecule has 9 heteroatoms. The Labute approximate surface area is 215 Å². The molecular formula is C27H29ClN4O4. The first kappa shape index (κ1) is 25.3. The Morgan fingerprint density at radius 1 is 1.14 bits per heavy atom. The number of ether oxygens (including phenoxy) is 3. The summed E-state index contributed by atoms with van der Waals surface area (Å²) in [6, 6.07) is 11.4. The van der Waals surface area contributed by atoms with Gasteiger partial charge in [-0.2, -0.15) is 0 Å². The highest BCUT2D eigenvalue weighted by atomic mass is 35.5. The number of carbonyl (C=O) groups is 1. The van der Waals surface area contributed by atoms with Crippen molar-refractivity contribution < 1.29 is 19.0 Å². The Kier molecular flexibility index (Phi) is 7.35. The molecule has 36 heavy (non-hydrogen) atoms. The van der Waals surface area contributed by atoms with Crippen LogP contribution in [0.5, 0.6) is 11.5 Å². The van der Waals surface area contributed by atoms with Gasteiger partial charge in [-0.05, 0) is 56.7 Å². The van der Waals surface area contributed by atoms with Gasteiger partial charge in [0.2, 0.25) is 0 Å². The van der Waals surface area contributed by atoms with Gasteiger partial charge in [-0.1, -0.05) is 17.7 Å². The summed E-state index contributed by atoms with van der Waals surface area (Å²) in [5, 5.41) is 0.526. The number of benzene rings is 1. The molecule has 0 aliphatic heterocycles. The summed E-state index contributed by atoms with van der Waals surface area (Å²) in [4.78, 5) is 26.1. The first-order valence-corrected chi connectivity index (χ1v) is 11.9. The normalized spacial score (nSPS) is 11.4. The van der Waals surface area contributed by atoms with Crippen molar-refractivity contribution >= 4 is 28.7 Å². The monoisotopic (exact) mass is 508 g/mol. The molecule has 0 bridgehead atoms. The SMILES string of the molecule is COc1cc(-c2c(-c3ccncc3OCCN(C)C(=O)OC(C)(C)C)[nH]c3cccnc23)ccc1Cl. The van der Waals surface area contributed by atoms with Crippen LogP contribution in [0, 0.1) is 0 Å². The number of likely N-dealkylation sites (N-methyl/N-ethyl adjacent to an activating group) is 1. The van der Waals surface area contributed by atoms with Crippen LogP contribution in [-0.4, -0.2) is 58.9 Å². The Morgan fingerprint density at radius 3 is 2.69 bits per heavy atom. The van der Waals surface area contributed by atoms with Gasteiger partial charge in [-0.3, -0.25) is 9.97 Å². The van der Waals surface area contributed by atoms with Crippen LogP contribution in [0.1, 0.15) is 20.8 Å². The van der Waals surface area contributed by atoms with Crippen molar-refractivity contribution in [2.24, 2.45) is 0 Å². The number of pyridine rings is 2. The summed E-state index contributed by atoms with van der Waals surface area (Å²) in [7, 11) is 3.26. The molecule has 0 saturated carbocycles. The molecule has 1 N–H and O–H groups in total. The standard InChI is InChI=1S/C27H29ClN4O4/c1-27(2,3)36-26(33)32(4)13-14-35-22-16-29-12-10-18(22)24-23(25-20(31-24)7-6-11-30-25)17-8-9-19(28)21(15-17)34-5/h6-12,15-16,31H,13-14H2,1-5H3. The summed E-state index contributed by atoms with van der Waals surface area (Å²) < 4.78 is 17.0. The van der Waals surface area contributed by atoms with Crippen LogP contribution in [0.4, 0.5) is 4.79 Å². The number of rotatable bonds is 7. The molecule has 0 spiro atoms. The van der Waals surface area contributed by atoms with Crippen molar-refractivity contribution in [1.29, 1.82) is 0 Å². The highest BCUT2D eigenvalue weighted by Gasteiger charge is 2.22. The van der Waals surface area contributed by atoms with Gasteiger partial charge in [0.05, 0.1) is 41.6 Å². The number of methoxy groups -OCH3 is 1. The molecule has 0 unspecified atom stereocenters. The predicted molar refractivity (Wildman–Crippen MR) is 141 cm³/mol. The van der Waals surface area contributed by atoms with Crippen LogP contribution in [-0.2, 0) is 4.74 Å². The van der Waals surface area contributed by atoms with Crippen LogP contribution in [0.25, 0.3) is 33.4 Å². The van der Waals surface area contributed by atoms with E-state index in [1.165, 1.54) is 4.90 Å². The average Bonchev–Trinajstić information content (AvgIpc) is 3.23. The lowest BCUT2D eigenvalue weighted by Crippen LogP contribution is -2.36. The summed E-state index contributed by atoms with van der Waals surface area (Å²) in [6.07, 6.45) is 4.72. The third-order valence-electron chi connectivity index (χ3n) is 5.44. The van der Waals surface area contributed by atoms with E-state index in [-0.39, 0.29) is 6.61 Å². The number of aromatic nitrogens is 3. The van der Waals surface area contributed by atoms with Gasteiger partial charge in [0, 0.05) is 30.6 Å². The van der Waals surface area contributed by atoms with E-state index in [0.29, 0.717) is 23.1 Å². The van der Waals surface area contributed by atoms with Crippen LogP contribution in [0.2, 0.25) is 5.02 Å². The van der Waals surface area contributed by atoms with Crippen molar-refractivity contribution in [1.82, 2.24) is 19.9 Å². The first-order valence-electron chi connectivity index (χ1n) is 11.5. The smallest absolute Gasteiger partial charge is 0.410 e. The molecule has 0 atom stereocenters. The maximum Gasteiger partial charge on any atom is 0.410 e. The lowest BCUT2D eigenvalue weighted by Gasteiger charge is -2.24. The largest absolute Gasteiger partial charge is 0.495 e. The molecule has 0 radical (unpaired) electrons. The lowest BCUT2D eigenvalue weighted by molar-refractivity contribution is 0.0278. The summed E-state index contributed by atoms with van der Waals surface area (Å²) in [5.41, 5.74) is 4.55. The van der Waals surface area contributed by atoms with E-state index in [4.69, 9.17) is 25.8 Å². The number of halogens is 1. The van der Waals surface area contributed by atoms with Crippen LogP contribution < -0.4 is 9.47 Å². The number of hydrogen-bond donors (Lipinski definition) is 1. The summed E-state index contributed by atoms with van der Waals surface area (Å²) >= 11 is 6.28. The number of carbonyl (C=O) groups excluding carboxylic acids is 1. The fraction of sp³-hybridized carbons (Fsp3) is 0.296. The topological polar surface area (TPSA) is 89.6 Å². The molecule has 3 aromatic heterocycles. The molecule has 1 aromatic carbocycles. The third-order valence-corrected chi connectivity index (χ3v) is 5.75. The Morgan fingerprint density at radius 2 is 1.94 bits per heavy atom. The second-order valence-corrected chi connectivity index (χ2v) is 9.65. The zero-order valence-electron chi connectivity index (χ0n) is 21.0. The second kappa shape index (κ2) is 10.5. The fourth-order valence-electron chi connectivity index (χ4n) is 3.74.